The Kier molecular flexibility index (Phi) is 4.28. The lowest BCUT2D eigenvalue weighted by Gasteiger charge is -2.36. The highest BCUT2D eigenvalue weighted by Gasteiger charge is 2.41. The largest absolute Gasteiger partial charge is 0.326 e. The summed E-state index contributed by atoms with van der Waals surface area (Å²) in [5, 5.41) is 0.285. The summed E-state index contributed by atoms with van der Waals surface area (Å²) in [5.74, 6) is 0.519. The van der Waals surface area contributed by atoms with Crippen LogP contribution < -0.4 is 5.73 Å². The fourth-order valence-electron chi connectivity index (χ4n) is 3.71. The van der Waals surface area contributed by atoms with Gasteiger partial charge in [0.1, 0.15) is 4.90 Å². The second-order valence-corrected chi connectivity index (χ2v) is 8.25. The van der Waals surface area contributed by atoms with Gasteiger partial charge in [0.05, 0.1) is 5.02 Å². The van der Waals surface area contributed by atoms with Crippen LogP contribution in [-0.4, -0.2) is 25.3 Å². The van der Waals surface area contributed by atoms with Crippen molar-refractivity contribution < 1.29 is 8.42 Å². The Morgan fingerprint density at radius 2 is 2.00 bits per heavy atom. The van der Waals surface area contributed by atoms with Gasteiger partial charge in [0, 0.05) is 19.1 Å². The Hall–Kier alpha value is -0.620. The molecule has 1 aromatic rings. The molecule has 1 aliphatic heterocycles. The number of halogens is 1. The van der Waals surface area contributed by atoms with Gasteiger partial charge in [-0.2, -0.15) is 4.31 Å². The average molecular weight is 329 g/mol. The van der Waals surface area contributed by atoms with Crippen LogP contribution in [0.3, 0.4) is 0 Å². The number of nitrogens with two attached hydrogens (primary N) is 1. The molecule has 0 amide bonds. The molecule has 2 unspecified atom stereocenters. The van der Waals surface area contributed by atoms with Crippen LogP contribution in [0.25, 0.3) is 0 Å². The van der Waals surface area contributed by atoms with Gasteiger partial charge in [-0.05, 0) is 49.3 Å². The van der Waals surface area contributed by atoms with Crippen molar-refractivity contribution >= 4 is 21.6 Å². The van der Waals surface area contributed by atoms with Gasteiger partial charge in [0.25, 0.3) is 0 Å². The monoisotopic (exact) mass is 328 g/mol. The first-order valence-corrected chi connectivity index (χ1v) is 9.36. The van der Waals surface area contributed by atoms with Crippen LogP contribution in [0.15, 0.2) is 23.1 Å². The molecule has 1 heterocycles. The van der Waals surface area contributed by atoms with E-state index < -0.39 is 10.0 Å². The number of rotatable bonds is 3. The number of nitrogens with zero attached hydrogens (tertiary/aromatic N) is 1. The summed E-state index contributed by atoms with van der Waals surface area (Å²) >= 11 is 6.15. The SMILES string of the molecule is NCc1ccc(Cl)c(S(=O)(=O)N2CCCC3CCCC32)c1. The normalized spacial score (nSPS) is 26.8. The predicted molar refractivity (Wildman–Crippen MR) is 83.6 cm³/mol. The van der Waals surface area contributed by atoms with Crippen LogP contribution in [0, 0.1) is 5.92 Å². The molecule has 0 aromatic heterocycles. The summed E-state index contributed by atoms with van der Waals surface area (Å²) < 4.78 is 27.7. The highest BCUT2D eigenvalue weighted by Crippen LogP contribution is 2.40. The van der Waals surface area contributed by atoms with E-state index in [9.17, 15) is 8.42 Å². The molecule has 2 fully saturated rings. The first-order valence-electron chi connectivity index (χ1n) is 7.54. The maximum atomic E-state index is 13.0. The minimum Gasteiger partial charge on any atom is -0.326 e. The Labute approximate surface area is 131 Å². The molecule has 6 heteroatoms. The molecular weight excluding hydrogens is 308 g/mol. The lowest BCUT2D eigenvalue weighted by atomic mass is 9.94. The fourth-order valence-corrected chi connectivity index (χ4v) is 5.99. The van der Waals surface area contributed by atoms with Crippen molar-refractivity contribution in [1.82, 2.24) is 4.31 Å². The first-order chi connectivity index (χ1) is 10.0. The number of fused-ring (bicyclic) bond motifs is 1. The van der Waals surface area contributed by atoms with Gasteiger partial charge in [0.2, 0.25) is 10.0 Å². The zero-order chi connectivity index (χ0) is 15.0. The summed E-state index contributed by atoms with van der Waals surface area (Å²) in [7, 11) is -3.53. The number of hydrogen-bond donors (Lipinski definition) is 1. The minimum absolute atomic E-state index is 0.154. The van der Waals surface area contributed by atoms with E-state index in [0.29, 0.717) is 19.0 Å². The van der Waals surface area contributed by atoms with Gasteiger partial charge in [-0.1, -0.05) is 24.1 Å². The zero-order valence-corrected chi connectivity index (χ0v) is 13.5. The molecule has 1 saturated carbocycles. The molecule has 4 nitrogen and oxygen atoms in total. The van der Waals surface area contributed by atoms with Gasteiger partial charge >= 0.3 is 0 Å². The van der Waals surface area contributed by atoms with E-state index in [1.165, 1.54) is 0 Å². The number of sulfonamides is 1. The summed E-state index contributed by atoms with van der Waals surface area (Å²) in [6.45, 7) is 0.915. The van der Waals surface area contributed by atoms with Crippen LogP contribution in [0.4, 0.5) is 0 Å². The molecule has 1 aliphatic carbocycles. The van der Waals surface area contributed by atoms with E-state index >= 15 is 0 Å². The fraction of sp³-hybridized carbons (Fsp3) is 0.600. The third kappa shape index (κ3) is 2.72. The van der Waals surface area contributed by atoms with Crippen molar-refractivity contribution in [3.8, 4) is 0 Å². The van der Waals surface area contributed by atoms with E-state index in [1.807, 2.05) is 0 Å². The second-order valence-electron chi connectivity index (χ2n) is 5.99. The van der Waals surface area contributed by atoms with E-state index in [4.69, 9.17) is 17.3 Å². The molecule has 0 spiro atoms. The molecule has 0 radical (unpaired) electrons. The van der Waals surface area contributed by atoms with E-state index in [0.717, 1.165) is 37.7 Å². The number of hydrogen-bond acceptors (Lipinski definition) is 3. The third-order valence-corrected chi connectivity index (χ3v) is 7.17. The molecule has 0 bridgehead atoms. The lowest BCUT2D eigenvalue weighted by molar-refractivity contribution is 0.202. The molecule has 1 saturated heterocycles. The molecule has 1 aromatic carbocycles. The van der Waals surface area contributed by atoms with Gasteiger partial charge < -0.3 is 5.73 Å². The van der Waals surface area contributed by atoms with Crippen LogP contribution in [0.2, 0.25) is 5.02 Å². The van der Waals surface area contributed by atoms with E-state index in [-0.39, 0.29) is 16.0 Å². The Balaban J connectivity index is 2.00. The molecule has 21 heavy (non-hydrogen) atoms. The molecule has 3 rings (SSSR count). The molecule has 2 aliphatic rings. The summed E-state index contributed by atoms with van der Waals surface area (Å²) in [6.07, 6.45) is 5.32. The first kappa shape index (κ1) is 15.3. The van der Waals surface area contributed by atoms with Crippen LogP contribution in [-0.2, 0) is 16.6 Å². The minimum atomic E-state index is -3.53. The molecule has 116 valence electrons. The van der Waals surface area contributed by atoms with E-state index in [2.05, 4.69) is 0 Å². The summed E-state index contributed by atoms with van der Waals surface area (Å²) in [6, 6.07) is 5.18. The highest BCUT2D eigenvalue weighted by atomic mass is 35.5. The molecule has 2 atom stereocenters. The van der Waals surface area contributed by atoms with Crippen LogP contribution in [0.1, 0.15) is 37.7 Å². The van der Waals surface area contributed by atoms with Crippen molar-refractivity contribution in [1.29, 1.82) is 0 Å². The maximum Gasteiger partial charge on any atom is 0.244 e. The maximum absolute atomic E-state index is 13.0. The summed E-state index contributed by atoms with van der Waals surface area (Å²) in [5.41, 5.74) is 6.41. The standard InChI is InChI=1S/C15H21ClN2O2S/c16-13-7-6-11(10-17)9-15(13)21(19,20)18-8-2-4-12-3-1-5-14(12)18/h6-7,9,12,14H,1-5,8,10,17H2. The number of piperidine rings is 1. The van der Waals surface area contributed by atoms with E-state index in [1.54, 1.807) is 22.5 Å². The van der Waals surface area contributed by atoms with Crippen molar-refractivity contribution in [3.05, 3.63) is 28.8 Å². The van der Waals surface area contributed by atoms with Crippen LogP contribution >= 0.6 is 11.6 Å². The Morgan fingerprint density at radius 3 is 2.76 bits per heavy atom. The third-order valence-electron chi connectivity index (χ3n) is 4.76. The topological polar surface area (TPSA) is 63.4 Å². The number of benzene rings is 1. The summed E-state index contributed by atoms with van der Waals surface area (Å²) in [4.78, 5) is 0.208. The predicted octanol–water partition coefficient (Wildman–Crippen LogP) is 2.75. The highest BCUT2D eigenvalue weighted by molar-refractivity contribution is 7.89. The van der Waals surface area contributed by atoms with Crippen molar-refractivity contribution in [2.45, 2.75) is 49.6 Å². The van der Waals surface area contributed by atoms with Crippen molar-refractivity contribution in [2.24, 2.45) is 11.7 Å². The zero-order valence-electron chi connectivity index (χ0n) is 12.0. The second kappa shape index (κ2) is 5.88. The Morgan fingerprint density at radius 1 is 1.24 bits per heavy atom. The van der Waals surface area contributed by atoms with Gasteiger partial charge in [0.15, 0.2) is 0 Å². The molecule has 2 N–H and O–H groups in total. The van der Waals surface area contributed by atoms with Crippen molar-refractivity contribution in [2.75, 3.05) is 6.54 Å². The smallest absolute Gasteiger partial charge is 0.244 e. The Bertz CT molecular complexity index is 633. The van der Waals surface area contributed by atoms with Gasteiger partial charge in [-0.15, -0.1) is 0 Å². The van der Waals surface area contributed by atoms with Crippen LogP contribution in [0.5, 0.6) is 0 Å². The average Bonchev–Trinajstić information content (AvgIpc) is 2.95. The van der Waals surface area contributed by atoms with Crippen molar-refractivity contribution in [3.63, 3.8) is 0 Å². The van der Waals surface area contributed by atoms with Gasteiger partial charge in [-0.25, -0.2) is 8.42 Å². The molecular formula is C15H21ClN2O2S. The quantitative estimate of drug-likeness (QED) is 0.928. The van der Waals surface area contributed by atoms with Gasteiger partial charge in [-0.3, -0.25) is 0 Å². The lowest BCUT2D eigenvalue weighted by Crippen LogP contribution is -2.46.